The van der Waals surface area contributed by atoms with Crippen LogP contribution in [0.3, 0.4) is 0 Å². The van der Waals surface area contributed by atoms with Crippen LogP contribution in [0.2, 0.25) is 0 Å². The molecule has 0 aliphatic rings. The first-order valence-corrected chi connectivity index (χ1v) is 13.4. The molecule has 1 unspecified atom stereocenters. The van der Waals surface area contributed by atoms with E-state index in [1.807, 2.05) is 0 Å². The summed E-state index contributed by atoms with van der Waals surface area (Å²) in [4.78, 5) is 57.9. The van der Waals surface area contributed by atoms with E-state index >= 15 is 0 Å². The summed E-state index contributed by atoms with van der Waals surface area (Å²) in [5.41, 5.74) is 0.770. The zero-order valence-corrected chi connectivity index (χ0v) is 23.8. The van der Waals surface area contributed by atoms with E-state index in [1.54, 1.807) is 38.4 Å². The van der Waals surface area contributed by atoms with Crippen LogP contribution in [0.25, 0.3) is 11.0 Å². The number of pyridine rings is 1. The molecule has 4 rings (SSSR count). The van der Waals surface area contributed by atoms with Gasteiger partial charge in [-0.2, -0.15) is 0 Å². The summed E-state index contributed by atoms with van der Waals surface area (Å²) in [5.74, 6) is -1.52. The van der Waals surface area contributed by atoms with Gasteiger partial charge in [0.05, 0.1) is 17.6 Å². The number of nitrogens with one attached hydrogen (secondary N) is 3. The molecule has 3 amide bonds. The van der Waals surface area contributed by atoms with Crippen molar-refractivity contribution in [2.45, 2.75) is 32.0 Å². The maximum atomic E-state index is 13.9. The second-order valence-electron chi connectivity index (χ2n) is 9.95. The Kier molecular flexibility index (Phi) is 10.1. The highest BCUT2D eigenvalue weighted by Gasteiger charge is 2.21. The van der Waals surface area contributed by atoms with Crippen molar-refractivity contribution in [2.24, 2.45) is 0 Å². The molecule has 14 heteroatoms. The third kappa shape index (κ3) is 8.27. The van der Waals surface area contributed by atoms with Gasteiger partial charge in [0.2, 0.25) is 11.8 Å². The Morgan fingerprint density at radius 3 is 2.68 bits per heavy atom. The number of allylic oxidation sites excluding steroid dienone is 1. The standard InChI is InChI=1S/C30H30F2N6O6/c1-37(2)27(39)8-4-3-6-23(36-30(42)43)28(40)35-24-7-5-13-38(29(24)41)16-26-33-22-12-11-20(15-25(22)34-26)44-17-18-9-10-19(31)14-21(18)32/h4-5,7-15,23,36H,3,6,16-17H2,1-2H3,(H,33,34)(H,35,40)(H,42,43). The fourth-order valence-electron chi connectivity index (χ4n) is 4.16. The monoisotopic (exact) mass is 608 g/mol. The van der Waals surface area contributed by atoms with Crippen molar-refractivity contribution in [3.8, 4) is 5.75 Å². The minimum absolute atomic E-state index is 0.0235. The van der Waals surface area contributed by atoms with Gasteiger partial charge < -0.3 is 34.9 Å². The fraction of sp³-hybridized carbons (Fsp3) is 0.233. The molecule has 4 N–H and O–H groups in total. The van der Waals surface area contributed by atoms with Crippen molar-refractivity contribution in [1.82, 2.24) is 24.8 Å². The smallest absolute Gasteiger partial charge is 0.405 e. The number of imidazole rings is 1. The Bertz CT molecular complexity index is 1770. The Labute approximate surface area is 250 Å². The number of hydrogen-bond donors (Lipinski definition) is 4. The molecule has 230 valence electrons. The average Bonchev–Trinajstić information content (AvgIpc) is 3.37. The molecule has 0 aliphatic carbocycles. The van der Waals surface area contributed by atoms with E-state index in [2.05, 4.69) is 20.6 Å². The summed E-state index contributed by atoms with van der Waals surface area (Å²) in [6.07, 6.45) is 3.25. The molecule has 2 aromatic carbocycles. The number of rotatable bonds is 12. The van der Waals surface area contributed by atoms with Crippen LogP contribution in [-0.2, 0) is 22.7 Å². The molecule has 0 spiro atoms. The predicted molar refractivity (Wildman–Crippen MR) is 157 cm³/mol. The summed E-state index contributed by atoms with van der Waals surface area (Å²) in [5, 5.41) is 13.8. The van der Waals surface area contributed by atoms with E-state index < -0.39 is 35.2 Å². The SMILES string of the molecule is CN(C)C(=O)C=CCCC(NC(=O)O)C(=O)Nc1cccn(Cc2nc3ccc(OCc4ccc(F)cc4F)cc3[nH]2)c1=O. The topological polar surface area (TPSA) is 159 Å². The highest BCUT2D eigenvalue weighted by atomic mass is 19.1. The fourth-order valence-corrected chi connectivity index (χ4v) is 4.16. The highest BCUT2D eigenvalue weighted by molar-refractivity contribution is 5.96. The Morgan fingerprint density at radius 2 is 1.95 bits per heavy atom. The number of carbonyl (C=O) groups excluding carboxylic acids is 2. The number of H-pyrrole nitrogens is 1. The van der Waals surface area contributed by atoms with Crippen molar-refractivity contribution in [1.29, 1.82) is 0 Å². The maximum Gasteiger partial charge on any atom is 0.405 e. The molecular formula is C30H30F2N6O6. The molecule has 4 aromatic rings. The Hall–Kier alpha value is -5.53. The average molecular weight is 609 g/mol. The lowest BCUT2D eigenvalue weighted by Crippen LogP contribution is -2.44. The largest absolute Gasteiger partial charge is 0.489 e. The number of carbonyl (C=O) groups is 3. The molecule has 0 radical (unpaired) electrons. The van der Waals surface area contributed by atoms with Crippen LogP contribution in [0.15, 0.2) is 71.7 Å². The lowest BCUT2D eigenvalue weighted by Gasteiger charge is -2.16. The maximum absolute atomic E-state index is 13.9. The molecule has 2 heterocycles. The van der Waals surface area contributed by atoms with E-state index in [-0.39, 0.29) is 43.2 Å². The van der Waals surface area contributed by atoms with Gasteiger partial charge in [-0.15, -0.1) is 0 Å². The zero-order valence-electron chi connectivity index (χ0n) is 23.8. The lowest BCUT2D eigenvalue weighted by molar-refractivity contribution is -0.123. The van der Waals surface area contributed by atoms with Gasteiger partial charge in [-0.25, -0.2) is 18.6 Å². The van der Waals surface area contributed by atoms with Crippen molar-refractivity contribution in [2.75, 3.05) is 19.4 Å². The second kappa shape index (κ2) is 14.1. The summed E-state index contributed by atoms with van der Waals surface area (Å²) >= 11 is 0. The van der Waals surface area contributed by atoms with Crippen LogP contribution in [-0.4, -0.2) is 62.6 Å². The van der Waals surface area contributed by atoms with Crippen LogP contribution in [0.4, 0.5) is 19.3 Å². The van der Waals surface area contributed by atoms with Gasteiger partial charge in [0.1, 0.15) is 41.5 Å². The van der Waals surface area contributed by atoms with E-state index in [9.17, 15) is 33.1 Å². The molecule has 0 saturated carbocycles. The Balaban J connectivity index is 1.42. The first-order chi connectivity index (χ1) is 21.0. The number of ether oxygens (including phenoxy) is 1. The third-order valence-corrected chi connectivity index (χ3v) is 6.45. The number of halogens is 2. The predicted octanol–water partition coefficient (Wildman–Crippen LogP) is 3.63. The van der Waals surface area contributed by atoms with E-state index in [1.165, 1.54) is 39.9 Å². The van der Waals surface area contributed by atoms with Gasteiger partial charge in [0, 0.05) is 38.0 Å². The number of anilines is 1. The van der Waals surface area contributed by atoms with Gasteiger partial charge >= 0.3 is 6.09 Å². The normalized spacial score (nSPS) is 11.8. The van der Waals surface area contributed by atoms with Crippen molar-refractivity contribution in [3.63, 3.8) is 0 Å². The molecule has 12 nitrogen and oxygen atoms in total. The molecule has 44 heavy (non-hydrogen) atoms. The molecule has 2 aromatic heterocycles. The first-order valence-electron chi connectivity index (χ1n) is 13.4. The number of aromatic nitrogens is 3. The van der Waals surface area contributed by atoms with Crippen molar-refractivity contribution in [3.05, 3.63) is 100 Å². The first kappa shape index (κ1) is 31.4. The molecule has 0 aliphatic heterocycles. The lowest BCUT2D eigenvalue weighted by atomic mass is 10.1. The molecule has 0 fully saturated rings. The van der Waals surface area contributed by atoms with E-state index in [0.29, 0.717) is 22.6 Å². The van der Waals surface area contributed by atoms with Crippen LogP contribution in [0, 0.1) is 11.6 Å². The van der Waals surface area contributed by atoms with Gasteiger partial charge in [-0.05, 0) is 55.3 Å². The molecule has 0 bridgehead atoms. The number of nitrogens with zero attached hydrogens (tertiary/aromatic N) is 3. The van der Waals surface area contributed by atoms with Crippen LogP contribution >= 0.6 is 0 Å². The van der Waals surface area contributed by atoms with E-state index in [0.717, 1.165) is 12.1 Å². The number of benzene rings is 2. The zero-order chi connectivity index (χ0) is 31.8. The quantitative estimate of drug-likeness (QED) is 0.179. The Morgan fingerprint density at radius 1 is 1.16 bits per heavy atom. The number of carboxylic acid groups (broad SMARTS) is 1. The van der Waals surface area contributed by atoms with Crippen LogP contribution < -0.4 is 20.9 Å². The second-order valence-corrected chi connectivity index (χ2v) is 9.95. The number of hydrogen-bond acceptors (Lipinski definition) is 6. The van der Waals surface area contributed by atoms with Crippen LogP contribution in [0.5, 0.6) is 5.75 Å². The minimum Gasteiger partial charge on any atom is -0.489 e. The molecule has 0 saturated heterocycles. The number of likely N-dealkylation sites (N-methyl/N-ethyl adjacent to an activating group) is 1. The number of aromatic amines is 1. The summed E-state index contributed by atoms with van der Waals surface area (Å²) in [6.45, 7) is -0.0854. The van der Waals surface area contributed by atoms with Gasteiger partial charge in [-0.1, -0.05) is 6.08 Å². The summed E-state index contributed by atoms with van der Waals surface area (Å²) in [7, 11) is 3.18. The van der Waals surface area contributed by atoms with Gasteiger partial charge in [-0.3, -0.25) is 14.4 Å². The van der Waals surface area contributed by atoms with Gasteiger partial charge in [0.15, 0.2) is 0 Å². The summed E-state index contributed by atoms with van der Waals surface area (Å²) in [6, 6.07) is 10.0. The van der Waals surface area contributed by atoms with Crippen molar-refractivity contribution >= 4 is 34.6 Å². The van der Waals surface area contributed by atoms with Crippen molar-refractivity contribution < 1.29 is 33.0 Å². The minimum atomic E-state index is -1.41. The van der Waals surface area contributed by atoms with Gasteiger partial charge in [0.25, 0.3) is 5.56 Å². The third-order valence-electron chi connectivity index (χ3n) is 6.45. The highest BCUT2D eigenvalue weighted by Crippen LogP contribution is 2.21. The number of amides is 3. The number of fused-ring (bicyclic) bond motifs is 1. The van der Waals surface area contributed by atoms with Crippen LogP contribution in [0.1, 0.15) is 24.2 Å². The van der Waals surface area contributed by atoms with E-state index in [4.69, 9.17) is 4.74 Å². The molecular weight excluding hydrogens is 578 g/mol. The molecule has 1 atom stereocenters. The summed E-state index contributed by atoms with van der Waals surface area (Å²) < 4.78 is 34.0.